The van der Waals surface area contributed by atoms with Gasteiger partial charge in [0.15, 0.2) is 4.32 Å². The van der Waals surface area contributed by atoms with Gasteiger partial charge in [-0.2, -0.15) is 0 Å². The first-order valence-electron chi connectivity index (χ1n) is 5.59. The van der Waals surface area contributed by atoms with Gasteiger partial charge >= 0.3 is 0 Å². The highest BCUT2D eigenvalue weighted by Gasteiger charge is 2.47. The number of carbonyl (C=O) groups excluding carboxylic acids is 1. The van der Waals surface area contributed by atoms with Crippen molar-refractivity contribution in [3.63, 3.8) is 0 Å². The van der Waals surface area contributed by atoms with Crippen LogP contribution < -0.4 is 5.32 Å². The summed E-state index contributed by atoms with van der Waals surface area (Å²) < 4.78 is 12.8. The van der Waals surface area contributed by atoms with Crippen LogP contribution in [0.1, 0.15) is 11.1 Å². The van der Waals surface area contributed by atoms with Gasteiger partial charge in [0.1, 0.15) is 5.82 Å². The van der Waals surface area contributed by atoms with Gasteiger partial charge in [-0.15, -0.1) is 0 Å². The molecule has 0 saturated carbocycles. The summed E-state index contributed by atoms with van der Waals surface area (Å²) in [4.78, 5) is 12.2. The Hall–Kier alpha value is -1.39. The number of alkyl halides is 1. The van der Waals surface area contributed by atoms with Crippen LogP contribution in [0.2, 0.25) is 5.02 Å². The van der Waals surface area contributed by atoms with Crippen LogP contribution in [0.3, 0.4) is 0 Å². The van der Waals surface area contributed by atoms with E-state index in [0.717, 1.165) is 0 Å². The summed E-state index contributed by atoms with van der Waals surface area (Å²) in [5.41, 5.74) is 1.53. The predicted molar refractivity (Wildman–Crippen MR) is 76.2 cm³/mol. The van der Waals surface area contributed by atoms with E-state index >= 15 is 0 Å². The van der Waals surface area contributed by atoms with Crippen LogP contribution in [0.25, 0.3) is 0 Å². The van der Waals surface area contributed by atoms with Gasteiger partial charge in [0.25, 0.3) is 5.91 Å². The zero-order valence-electron chi connectivity index (χ0n) is 9.58. The van der Waals surface area contributed by atoms with Gasteiger partial charge in [-0.3, -0.25) is 4.79 Å². The number of hydrogen-bond donors (Lipinski definition) is 1. The average Bonchev–Trinajstić information content (AvgIpc) is 2.64. The van der Waals surface area contributed by atoms with Gasteiger partial charge in [-0.05, 0) is 24.3 Å². The normalized spacial score (nSPS) is 21.1. The molecule has 3 rings (SSSR count). The van der Waals surface area contributed by atoms with Gasteiger partial charge in [0.2, 0.25) is 0 Å². The highest BCUT2D eigenvalue weighted by Crippen LogP contribution is 2.48. The monoisotopic (exact) mass is 339 g/mol. The third-order valence-electron chi connectivity index (χ3n) is 3.16. The molecule has 5 heteroatoms. The highest BCUT2D eigenvalue weighted by atomic mass is 79.9. The Bertz CT molecular complexity index is 691. The first-order chi connectivity index (χ1) is 9.03. The number of hydrogen-bond acceptors (Lipinski definition) is 1. The molecule has 2 aromatic carbocycles. The molecule has 0 aliphatic carbocycles. The van der Waals surface area contributed by atoms with E-state index in [1.807, 2.05) is 0 Å². The number of nitrogens with one attached hydrogen (secondary N) is 1. The first kappa shape index (κ1) is 12.6. The Morgan fingerprint density at radius 3 is 2.63 bits per heavy atom. The molecule has 0 aromatic heterocycles. The highest BCUT2D eigenvalue weighted by molar-refractivity contribution is 9.10. The number of carbonyl (C=O) groups is 1. The summed E-state index contributed by atoms with van der Waals surface area (Å²) in [6.45, 7) is 0. The van der Waals surface area contributed by atoms with E-state index in [4.69, 9.17) is 11.6 Å². The quantitative estimate of drug-likeness (QED) is 0.779. The zero-order valence-corrected chi connectivity index (χ0v) is 11.9. The average molecular weight is 341 g/mol. The standard InChI is InChI=1S/C14H8BrClFNO/c15-14(9-3-1-2-4-11(9)17)10-7-8(16)5-6-12(10)18-13(14)19/h1-7H,(H,18,19). The summed E-state index contributed by atoms with van der Waals surface area (Å²) in [7, 11) is 0. The molecule has 0 fully saturated rings. The van der Waals surface area contributed by atoms with Crippen LogP contribution >= 0.6 is 27.5 Å². The van der Waals surface area contributed by atoms with E-state index in [1.165, 1.54) is 6.07 Å². The molecule has 2 nitrogen and oxygen atoms in total. The van der Waals surface area contributed by atoms with E-state index in [-0.39, 0.29) is 11.5 Å². The van der Waals surface area contributed by atoms with Crippen LogP contribution in [-0.2, 0) is 9.12 Å². The van der Waals surface area contributed by atoms with E-state index in [0.29, 0.717) is 16.3 Å². The maximum atomic E-state index is 14.0. The second-order valence-electron chi connectivity index (χ2n) is 4.28. The van der Waals surface area contributed by atoms with Crippen molar-refractivity contribution in [2.75, 3.05) is 5.32 Å². The molecule has 1 heterocycles. The zero-order chi connectivity index (χ0) is 13.6. The van der Waals surface area contributed by atoms with Crippen molar-refractivity contribution in [2.45, 2.75) is 4.32 Å². The van der Waals surface area contributed by atoms with E-state index in [1.54, 1.807) is 36.4 Å². The minimum atomic E-state index is -1.24. The Labute approximate surface area is 122 Å². The number of benzene rings is 2. The minimum Gasteiger partial charge on any atom is -0.324 e. The molecular formula is C14H8BrClFNO. The number of anilines is 1. The first-order valence-corrected chi connectivity index (χ1v) is 6.76. The molecule has 0 saturated heterocycles. The second-order valence-corrected chi connectivity index (χ2v) is 5.91. The molecule has 0 bridgehead atoms. The lowest BCUT2D eigenvalue weighted by molar-refractivity contribution is -0.117. The number of fused-ring (bicyclic) bond motifs is 1. The molecular weight excluding hydrogens is 333 g/mol. The SMILES string of the molecule is O=C1Nc2ccc(Cl)cc2C1(Br)c1ccccc1F. The minimum absolute atomic E-state index is 0.272. The molecule has 1 amide bonds. The number of rotatable bonds is 1. The molecule has 1 atom stereocenters. The summed E-state index contributed by atoms with van der Waals surface area (Å²) in [6.07, 6.45) is 0. The van der Waals surface area contributed by atoms with Crippen molar-refractivity contribution in [3.05, 3.63) is 64.4 Å². The van der Waals surface area contributed by atoms with Gasteiger partial charge in [-0.25, -0.2) is 4.39 Å². The van der Waals surface area contributed by atoms with Gasteiger partial charge in [-0.1, -0.05) is 45.7 Å². The summed E-state index contributed by atoms with van der Waals surface area (Å²) in [6, 6.07) is 11.2. The van der Waals surface area contributed by atoms with Gasteiger partial charge in [0.05, 0.1) is 0 Å². The van der Waals surface area contributed by atoms with Crippen LogP contribution in [0.15, 0.2) is 42.5 Å². The number of amides is 1. The Morgan fingerprint density at radius 2 is 1.89 bits per heavy atom. The molecule has 1 N–H and O–H groups in total. The van der Waals surface area contributed by atoms with Crippen LogP contribution in [0, 0.1) is 5.82 Å². The molecule has 1 aliphatic rings. The third-order valence-corrected chi connectivity index (χ3v) is 4.61. The molecule has 0 radical (unpaired) electrons. The molecule has 19 heavy (non-hydrogen) atoms. The van der Waals surface area contributed by atoms with Crippen LogP contribution in [0.4, 0.5) is 10.1 Å². The fraction of sp³-hybridized carbons (Fsp3) is 0.0714. The van der Waals surface area contributed by atoms with Crippen molar-refractivity contribution in [1.29, 1.82) is 0 Å². The topological polar surface area (TPSA) is 29.1 Å². The lowest BCUT2D eigenvalue weighted by atomic mass is 9.92. The van der Waals surface area contributed by atoms with Gasteiger partial charge in [0, 0.05) is 21.8 Å². The fourth-order valence-electron chi connectivity index (χ4n) is 2.25. The molecule has 1 aliphatic heterocycles. The lowest BCUT2D eigenvalue weighted by Crippen LogP contribution is -2.30. The molecule has 1 unspecified atom stereocenters. The number of halogens is 3. The Kier molecular flexibility index (Phi) is 2.87. The van der Waals surface area contributed by atoms with Crippen molar-refractivity contribution >= 4 is 39.1 Å². The fourth-order valence-corrected chi connectivity index (χ4v) is 3.17. The second kappa shape index (κ2) is 4.32. The van der Waals surface area contributed by atoms with Crippen molar-refractivity contribution in [1.82, 2.24) is 0 Å². The van der Waals surface area contributed by atoms with Crippen molar-refractivity contribution in [2.24, 2.45) is 0 Å². The van der Waals surface area contributed by atoms with E-state index in [9.17, 15) is 9.18 Å². The third kappa shape index (κ3) is 1.78. The predicted octanol–water partition coefficient (Wildman–Crippen LogP) is 4.07. The van der Waals surface area contributed by atoms with Gasteiger partial charge < -0.3 is 5.32 Å². The van der Waals surface area contributed by atoms with Crippen molar-refractivity contribution < 1.29 is 9.18 Å². The Morgan fingerprint density at radius 1 is 1.16 bits per heavy atom. The van der Waals surface area contributed by atoms with Crippen LogP contribution in [-0.4, -0.2) is 5.91 Å². The summed E-state index contributed by atoms with van der Waals surface area (Å²) >= 11 is 9.36. The van der Waals surface area contributed by atoms with Crippen molar-refractivity contribution in [3.8, 4) is 0 Å². The summed E-state index contributed by atoms with van der Waals surface area (Å²) in [5, 5.41) is 3.23. The Balaban J connectivity index is 2.28. The lowest BCUT2D eigenvalue weighted by Gasteiger charge is -2.21. The molecule has 96 valence electrons. The molecule has 2 aromatic rings. The molecule has 0 spiro atoms. The maximum absolute atomic E-state index is 14.0. The smallest absolute Gasteiger partial charge is 0.250 e. The van der Waals surface area contributed by atoms with E-state index < -0.39 is 10.1 Å². The van der Waals surface area contributed by atoms with E-state index in [2.05, 4.69) is 21.2 Å². The maximum Gasteiger partial charge on any atom is 0.250 e. The van der Waals surface area contributed by atoms with Crippen LogP contribution in [0.5, 0.6) is 0 Å². The summed E-state index contributed by atoms with van der Waals surface area (Å²) in [5.74, 6) is -0.766. The largest absolute Gasteiger partial charge is 0.324 e.